The van der Waals surface area contributed by atoms with Gasteiger partial charge in [0.15, 0.2) is 0 Å². The van der Waals surface area contributed by atoms with E-state index in [1.54, 1.807) is 0 Å². The van der Waals surface area contributed by atoms with Crippen LogP contribution in [0.2, 0.25) is 0 Å². The van der Waals surface area contributed by atoms with Crippen molar-refractivity contribution in [2.75, 3.05) is 6.54 Å². The second kappa shape index (κ2) is 3.99. The maximum absolute atomic E-state index is 11.1. The Kier molecular flexibility index (Phi) is 3.89. The lowest BCUT2D eigenvalue weighted by Crippen LogP contribution is -1.98. The third-order valence-electron chi connectivity index (χ3n) is 0.570. The van der Waals surface area contributed by atoms with Gasteiger partial charge in [-0.3, -0.25) is 0 Å². The zero-order valence-corrected chi connectivity index (χ0v) is 3.95. The second-order valence-electron chi connectivity index (χ2n) is 1.23. The van der Waals surface area contributed by atoms with Crippen LogP contribution < -0.4 is 5.73 Å². The van der Waals surface area contributed by atoms with E-state index in [2.05, 4.69) is 0 Å². The summed E-state index contributed by atoms with van der Waals surface area (Å²) in [6.07, 6.45) is -1.27. The number of hydrogen-bond donors (Lipinski definition) is 1. The molecule has 0 unspecified atom stereocenters. The van der Waals surface area contributed by atoms with E-state index in [1.165, 1.54) is 0 Å². The minimum atomic E-state index is -1.52. The highest BCUT2D eigenvalue weighted by molar-refractivity contribution is 4.58. The van der Waals surface area contributed by atoms with Gasteiger partial charge in [0.25, 0.3) is 0 Å². The normalized spacial score (nSPS) is 10.3. The highest BCUT2D eigenvalue weighted by atomic mass is 19.3. The summed E-state index contributed by atoms with van der Waals surface area (Å²) in [5, 5.41) is 0. The van der Waals surface area contributed by atoms with Crippen molar-refractivity contribution in [3.8, 4) is 0 Å². The highest BCUT2D eigenvalue weighted by Gasteiger charge is 2.01. The van der Waals surface area contributed by atoms with E-state index in [9.17, 15) is 8.78 Å². The number of nitrogens with two attached hydrogens (primary N) is 1. The van der Waals surface area contributed by atoms with Crippen molar-refractivity contribution in [1.29, 1.82) is 0 Å². The molecule has 0 spiro atoms. The molecule has 0 aromatic carbocycles. The maximum atomic E-state index is 11.1. The van der Waals surface area contributed by atoms with Crippen LogP contribution in [0.25, 0.3) is 0 Å². The Morgan fingerprint density at radius 3 is 2.14 bits per heavy atom. The van der Waals surface area contributed by atoms with Gasteiger partial charge in [-0.15, -0.1) is 0 Å². The monoisotopic (exact) mass is 108 g/mol. The minimum absolute atomic E-state index is 0.142. The van der Waals surface area contributed by atoms with Crippen LogP contribution in [-0.2, 0) is 0 Å². The van der Waals surface area contributed by atoms with Crippen LogP contribution in [0.3, 0.4) is 0 Å². The third-order valence-corrected chi connectivity index (χ3v) is 0.570. The molecular formula is C4H8F2N. The predicted molar refractivity (Wildman–Crippen MR) is 23.7 cm³/mol. The second-order valence-corrected chi connectivity index (χ2v) is 1.23. The molecule has 0 saturated carbocycles. The van der Waals surface area contributed by atoms with Crippen LogP contribution in [0.15, 0.2) is 0 Å². The Bertz CT molecular complexity index is 38.7. The van der Waals surface area contributed by atoms with Gasteiger partial charge in [0.1, 0.15) is 0 Å². The van der Waals surface area contributed by atoms with Crippen LogP contribution in [0.5, 0.6) is 0 Å². The molecule has 1 radical (unpaired) electrons. The van der Waals surface area contributed by atoms with Gasteiger partial charge in [-0.25, -0.2) is 0 Å². The molecule has 0 aliphatic rings. The van der Waals surface area contributed by atoms with E-state index in [0.29, 0.717) is 13.0 Å². The van der Waals surface area contributed by atoms with Crippen molar-refractivity contribution in [2.24, 2.45) is 5.73 Å². The van der Waals surface area contributed by atoms with Gasteiger partial charge >= 0.3 is 6.43 Å². The van der Waals surface area contributed by atoms with Crippen LogP contribution in [0, 0.1) is 6.43 Å². The minimum Gasteiger partial charge on any atom is -0.330 e. The zero-order valence-electron chi connectivity index (χ0n) is 3.95. The van der Waals surface area contributed by atoms with E-state index < -0.39 is 6.43 Å². The van der Waals surface area contributed by atoms with E-state index in [-0.39, 0.29) is 6.42 Å². The Hall–Kier alpha value is -0.180. The van der Waals surface area contributed by atoms with Crippen LogP contribution in [0.1, 0.15) is 12.8 Å². The average Bonchev–Trinajstić information content (AvgIpc) is 1.61. The van der Waals surface area contributed by atoms with E-state index in [0.717, 1.165) is 0 Å². The SMILES string of the molecule is NCCC[C](F)F. The summed E-state index contributed by atoms with van der Waals surface area (Å²) in [5.41, 5.74) is 4.93. The summed E-state index contributed by atoms with van der Waals surface area (Å²) >= 11 is 0. The summed E-state index contributed by atoms with van der Waals surface area (Å²) in [6.45, 7) is 0.345. The lowest BCUT2D eigenvalue weighted by Gasteiger charge is -1.90. The van der Waals surface area contributed by atoms with Gasteiger partial charge in [0.2, 0.25) is 0 Å². The first-order chi connectivity index (χ1) is 3.27. The van der Waals surface area contributed by atoms with Gasteiger partial charge in [-0.05, 0) is 13.0 Å². The standard InChI is InChI=1S/C4H8F2N/c5-4(6)2-1-3-7/h1-3,7H2. The van der Waals surface area contributed by atoms with Gasteiger partial charge in [-0.2, -0.15) is 8.78 Å². The molecule has 0 amide bonds. The maximum Gasteiger partial charge on any atom is 0.310 e. The van der Waals surface area contributed by atoms with Crippen molar-refractivity contribution in [2.45, 2.75) is 12.8 Å². The molecule has 0 aromatic heterocycles. The molecule has 43 valence electrons. The van der Waals surface area contributed by atoms with E-state index in [4.69, 9.17) is 5.73 Å². The molecule has 0 atom stereocenters. The zero-order chi connectivity index (χ0) is 5.70. The van der Waals surface area contributed by atoms with Crippen molar-refractivity contribution >= 4 is 0 Å². The highest BCUT2D eigenvalue weighted by Crippen LogP contribution is 2.09. The van der Waals surface area contributed by atoms with Crippen molar-refractivity contribution in [3.63, 3.8) is 0 Å². The number of rotatable bonds is 3. The average molecular weight is 108 g/mol. The summed E-state index contributed by atoms with van der Waals surface area (Å²) in [4.78, 5) is 0. The first-order valence-electron chi connectivity index (χ1n) is 2.14. The molecule has 0 bridgehead atoms. The molecule has 2 N–H and O–H groups in total. The Labute approximate surface area is 41.5 Å². The fraction of sp³-hybridized carbons (Fsp3) is 0.750. The lowest BCUT2D eigenvalue weighted by atomic mass is 10.3. The first-order valence-corrected chi connectivity index (χ1v) is 2.14. The van der Waals surface area contributed by atoms with Gasteiger partial charge in [0, 0.05) is 6.42 Å². The van der Waals surface area contributed by atoms with E-state index in [1.807, 2.05) is 0 Å². The Morgan fingerprint density at radius 2 is 2.00 bits per heavy atom. The number of halogens is 2. The summed E-state index contributed by atoms with van der Waals surface area (Å²) in [7, 11) is 0. The van der Waals surface area contributed by atoms with Gasteiger partial charge < -0.3 is 5.73 Å². The topological polar surface area (TPSA) is 26.0 Å². The molecule has 0 heterocycles. The molecule has 0 aliphatic carbocycles. The molecule has 0 aromatic rings. The smallest absolute Gasteiger partial charge is 0.310 e. The van der Waals surface area contributed by atoms with Gasteiger partial charge in [0.05, 0.1) is 0 Å². The van der Waals surface area contributed by atoms with Crippen molar-refractivity contribution < 1.29 is 8.78 Å². The predicted octanol–water partition coefficient (Wildman–Crippen LogP) is 1.15. The fourth-order valence-corrected chi connectivity index (χ4v) is 0.236. The lowest BCUT2D eigenvalue weighted by molar-refractivity contribution is 0.267. The quantitative estimate of drug-likeness (QED) is 0.576. The Balaban J connectivity index is 2.68. The molecule has 7 heavy (non-hydrogen) atoms. The molecule has 0 rings (SSSR count). The summed E-state index contributed by atoms with van der Waals surface area (Å²) in [6, 6.07) is 0. The van der Waals surface area contributed by atoms with E-state index >= 15 is 0 Å². The van der Waals surface area contributed by atoms with Crippen LogP contribution in [-0.4, -0.2) is 6.54 Å². The molecular weight excluding hydrogens is 100 g/mol. The van der Waals surface area contributed by atoms with Crippen molar-refractivity contribution in [1.82, 2.24) is 0 Å². The molecule has 0 fully saturated rings. The fourth-order valence-electron chi connectivity index (χ4n) is 0.236. The first kappa shape index (κ1) is 6.82. The number of hydrogen-bond acceptors (Lipinski definition) is 1. The molecule has 0 saturated heterocycles. The van der Waals surface area contributed by atoms with Crippen molar-refractivity contribution in [3.05, 3.63) is 6.43 Å². The molecule has 0 aliphatic heterocycles. The van der Waals surface area contributed by atoms with Crippen LogP contribution in [0.4, 0.5) is 8.78 Å². The van der Waals surface area contributed by atoms with Gasteiger partial charge in [-0.1, -0.05) is 0 Å². The molecule has 1 nitrogen and oxygen atoms in total. The summed E-state index contributed by atoms with van der Waals surface area (Å²) < 4.78 is 22.2. The summed E-state index contributed by atoms with van der Waals surface area (Å²) in [5.74, 6) is 0. The third kappa shape index (κ3) is 5.82. The molecule has 3 heteroatoms. The van der Waals surface area contributed by atoms with Crippen LogP contribution >= 0.6 is 0 Å². The Morgan fingerprint density at radius 1 is 1.43 bits per heavy atom. The largest absolute Gasteiger partial charge is 0.330 e.